The summed E-state index contributed by atoms with van der Waals surface area (Å²) in [6.07, 6.45) is 7.94. The lowest BCUT2D eigenvalue weighted by Gasteiger charge is -2.18. The average molecular weight is 348 g/mol. The molecule has 4 nitrogen and oxygen atoms in total. The highest BCUT2D eigenvalue weighted by Crippen LogP contribution is 2.23. The van der Waals surface area contributed by atoms with Crippen LogP contribution in [0, 0.1) is 0 Å². The summed E-state index contributed by atoms with van der Waals surface area (Å²) >= 11 is 0. The van der Waals surface area contributed by atoms with E-state index >= 15 is 0 Å². The molecule has 0 saturated heterocycles. The number of pyridine rings is 2. The fourth-order valence-corrected chi connectivity index (χ4v) is 2.71. The molecule has 0 spiro atoms. The summed E-state index contributed by atoms with van der Waals surface area (Å²) in [6.45, 7) is 13.9. The van der Waals surface area contributed by atoms with E-state index in [0.717, 1.165) is 23.6 Å². The minimum Gasteiger partial charge on any atom is -0.307 e. The van der Waals surface area contributed by atoms with Crippen LogP contribution in [0.2, 0.25) is 0 Å². The second kappa shape index (κ2) is 6.67. The van der Waals surface area contributed by atoms with Crippen molar-refractivity contribution in [3.8, 4) is 0 Å². The predicted octanol–water partition coefficient (Wildman–Crippen LogP) is 4.94. The van der Waals surface area contributed by atoms with E-state index in [2.05, 4.69) is 73.2 Å². The van der Waals surface area contributed by atoms with Crippen molar-refractivity contribution in [2.24, 2.45) is 4.99 Å². The van der Waals surface area contributed by atoms with E-state index in [1.165, 1.54) is 11.1 Å². The van der Waals surface area contributed by atoms with Gasteiger partial charge < -0.3 is 4.40 Å². The van der Waals surface area contributed by atoms with Crippen LogP contribution in [0.5, 0.6) is 0 Å². The van der Waals surface area contributed by atoms with Crippen LogP contribution in [-0.4, -0.2) is 20.6 Å². The molecule has 136 valence electrons. The Kier molecular flexibility index (Phi) is 4.70. The molecule has 0 bridgehead atoms. The quantitative estimate of drug-likeness (QED) is 0.577. The van der Waals surface area contributed by atoms with Crippen LogP contribution in [-0.2, 0) is 17.4 Å². The Morgan fingerprint density at radius 2 is 1.69 bits per heavy atom. The third-order valence-corrected chi connectivity index (χ3v) is 4.42. The number of aromatic nitrogens is 3. The number of nitrogens with zero attached hydrogens (tertiary/aromatic N) is 4. The van der Waals surface area contributed by atoms with Crippen LogP contribution in [0.3, 0.4) is 0 Å². The summed E-state index contributed by atoms with van der Waals surface area (Å²) < 4.78 is 2.06. The molecule has 3 aromatic heterocycles. The Hall–Kier alpha value is -2.49. The lowest BCUT2D eigenvalue weighted by Crippen LogP contribution is -2.13. The summed E-state index contributed by atoms with van der Waals surface area (Å²) in [5, 5.41) is 0. The van der Waals surface area contributed by atoms with Crippen molar-refractivity contribution in [3.05, 3.63) is 65.4 Å². The minimum atomic E-state index is 0.131. The molecule has 0 unspecified atom stereocenters. The van der Waals surface area contributed by atoms with Crippen molar-refractivity contribution in [1.29, 1.82) is 0 Å². The Morgan fingerprint density at radius 1 is 0.962 bits per heavy atom. The molecule has 1 aliphatic heterocycles. The van der Waals surface area contributed by atoms with E-state index in [1.807, 2.05) is 36.8 Å². The summed E-state index contributed by atoms with van der Waals surface area (Å²) in [5.41, 5.74) is 6.06. The minimum absolute atomic E-state index is 0.131. The third kappa shape index (κ3) is 4.01. The number of fused-ring (bicyclic) bond motifs is 2. The Balaban J connectivity index is 0.000000151. The molecule has 0 amide bonds. The van der Waals surface area contributed by atoms with Gasteiger partial charge in [0.1, 0.15) is 5.65 Å². The molecule has 0 aromatic carbocycles. The molecule has 0 atom stereocenters. The lowest BCUT2D eigenvalue weighted by atomic mass is 9.90. The van der Waals surface area contributed by atoms with Crippen LogP contribution in [0.1, 0.15) is 64.1 Å². The molecule has 0 aliphatic carbocycles. The summed E-state index contributed by atoms with van der Waals surface area (Å²) in [5.74, 6) is 0. The number of imidazole rings is 1. The Bertz CT molecular complexity index is 904. The molecule has 4 rings (SSSR count). The van der Waals surface area contributed by atoms with Crippen molar-refractivity contribution < 1.29 is 0 Å². The first-order valence-corrected chi connectivity index (χ1v) is 9.08. The van der Waals surface area contributed by atoms with Gasteiger partial charge in [0.25, 0.3) is 0 Å². The van der Waals surface area contributed by atoms with Gasteiger partial charge in [-0.25, -0.2) is 4.98 Å². The monoisotopic (exact) mass is 348 g/mol. The van der Waals surface area contributed by atoms with Gasteiger partial charge in [0.05, 0.1) is 12.2 Å². The molecule has 26 heavy (non-hydrogen) atoms. The molecule has 0 radical (unpaired) electrons. The van der Waals surface area contributed by atoms with Crippen LogP contribution < -0.4 is 0 Å². The molecule has 4 heteroatoms. The van der Waals surface area contributed by atoms with E-state index in [4.69, 9.17) is 0 Å². The zero-order chi connectivity index (χ0) is 18.9. The van der Waals surface area contributed by atoms with Gasteiger partial charge >= 0.3 is 0 Å². The van der Waals surface area contributed by atoms with Gasteiger partial charge in [-0.1, -0.05) is 47.6 Å². The standard InChI is InChI=1S/2C11H14N2/c1-11(2,3)10-4-8-5-12-6-9(8)7-13-10;1-11(2,3)9-8-13-7-5-4-6-10(13)12-9/h4,6-7H,5H2,1-3H3;4-8H,1-3H3. The number of rotatable bonds is 0. The number of hydrogen-bond acceptors (Lipinski definition) is 3. The molecule has 0 N–H and O–H groups in total. The summed E-state index contributed by atoms with van der Waals surface area (Å²) in [7, 11) is 0. The average Bonchev–Trinajstić information content (AvgIpc) is 3.20. The molecular formula is C22H28N4. The molecule has 1 aliphatic rings. The smallest absolute Gasteiger partial charge is 0.136 e. The van der Waals surface area contributed by atoms with Crippen molar-refractivity contribution in [2.45, 2.75) is 58.9 Å². The Morgan fingerprint density at radius 3 is 2.35 bits per heavy atom. The normalized spacial score (nSPS) is 13.5. The van der Waals surface area contributed by atoms with Crippen molar-refractivity contribution in [2.75, 3.05) is 0 Å². The van der Waals surface area contributed by atoms with Gasteiger partial charge in [0.15, 0.2) is 0 Å². The predicted molar refractivity (Wildman–Crippen MR) is 108 cm³/mol. The third-order valence-electron chi connectivity index (χ3n) is 4.42. The topological polar surface area (TPSA) is 42.5 Å². The molecule has 0 saturated carbocycles. The van der Waals surface area contributed by atoms with Gasteiger partial charge in [-0.2, -0.15) is 0 Å². The fraction of sp³-hybridized carbons (Fsp3) is 0.409. The van der Waals surface area contributed by atoms with E-state index in [0.29, 0.717) is 0 Å². The van der Waals surface area contributed by atoms with Gasteiger partial charge in [-0.3, -0.25) is 9.98 Å². The highest BCUT2D eigenvalue weighted by Gasteiger charge is 2.18. The second-order valence-corrected chi connectivity index (χ2v) is 8.83. The molecule has 3 aromatic rings. The maximum absolute atomic E-state index is 4.55. The van der Waals surface area contributed by atoms with Gasteiger partial charge in [0, 0.05) is 46.9 Å². The van der Waals surface area contributed by atoms with Crippen molar-refractivity contribution in [1.82, 2.24) is 14.4 Å². The van der Waals surface area contributed by atoms with Gasteiger partial charge in [-0.15, -0.1) is 0 Å². The summed E-state index contributed by atoms with van der Waals surface area (Å²) in [6, 6.07) is 8.22. The van der Waals surface area contributed by atoms with E-state index in [1.54, 1.807) is 0 Å². The first-order chi connectivity index (χ1) is 12.1. The van der Waals surface area contributed by atoms with E-state index in [9.17, 15) is 0 Å². The van der Waals surface area contributed by atoms with Gasteiger partial charge in [0.2, 0.25) is 0 Å². The lowest BCUT2D eigenvalue weighted by molar-refractivity contribution is 0.568. The highest BCUT2D eigenvalue weighted by atomic mass is 15.0. The molecule has 4 heterocycles. The van der Waals surface area contributed by atoms with Gasteiger partial charge in [-0.05, 0) is 23.8 Å². The summed E-state index contributed by atoms with van der Waals surface area (Å²) in [4.78, 5) is 13.2. The van der Waals surface area contributed by atoms with Crippen molar-refractivity contribution in [3.63, 3.8) is 0 Å². The van der Waals surface area contributed by atoms with Crippen molar-refractivity contribution >= 4 is 11.9 Å². The maximum atomic E-state index is 4.55. The van der Waals surface area contributed by atoms with Crippen LogP contribution >= 0.6 is 0 Å². The maximum Gasteiger partial charge on any atom is 0.136 e. The fourth-order valence-electron chi connectivity index (χ4n) is 2.71. The van der Waals surface area contributed by atoms with E-state index in [-0.39, 0.29) is 10.8 Å². The van der Waals surface area contributed by atoms with Crippen LogP contribution in [0.15, 0.2) is 47.8 Å². The second-order valence-electron chi connectivity index (χ2n) is 8.83. The van der Waals surface area contributed by atoms with E-state index < -0.39 is 0 Å². The highest BCUT2D eigenvalue weighted by molar-refractivity contribution is 5.83. The molecule has 0 fully saturated rings. The van der Waals surface area contributed by atoms with Crippen LogP contribution in [0.25, 0.3) is 5.65 Å². The first-order valence-electron chi connectivity index (χ1n) is 9.08. The largest absolute Gasteiger partial charge is 0.307 e. The Labute approximate surface area is 156 Å². The first kappa shape index (κ1) is 18.3. The zero-order valence-electron chi connectivity index (χ0n) is 16.6. The zero-order valence-corrected chi connectivity index (χ0v) is 16.6. The number of hydrogen-bond donors (Lipinski definition) is 0. The molecular weight excluding hydrogens is 320 g/mol. The van der Waals surface area contributed by atoms with Crippen LogP contribution in [0.4, 0.5) is 0 Å². The number of aliphatic imine (C=N–C) groups is 1. The SMILES string of the molecule is CC(C)(C)c1cc2c(cn1)C=NC2.CC(C)(C)c1cn2ccccc2n1.